The molecule has 1 saturated carbocycles. The number of aliphatic hydroxyl groups is 2. The zero-order chi connectivity index (χ0) is 23.0. The fourth-order valence-corrected chi connectivity index (χ4v) is 4.65. The Balaban J connectivity index is 1.61. The van der Waals surface area contributed by atoms with Gasteiger partial charge in [0.1, 0.15) is 29.3 Å². The lowest BCUT2D eigenvalue weighted by Gasteiger charge is -2.49. The molecule has 9 heteroatoms. The SMILES string of the molecule is CC(=O)OC[C@H](O)CC1C[C@@H](O)[C@]2(C)Oc3cc(-c4cccnc4)oc(=O)c3C(=O)[C@H]2C1. The minimum Gasteiger partial charge on any atom is -0.483 e. The van der Waals surface area contributed by atoms with E-state index in [0.29, 0.717) is 18.4 Å². The third-order valence-electron chi connectivity index (χ3n) is 6.32. The van der Waals surface area contributed by atoms with Crippen LogP contribution in [0.25, 0.3) is 11.3 Å². The third kappa shape index (κ3) is 4.05. The fourth-order valence-electron chi connectivity index (χ4n) is 4.65. The van der Waals surface area contributed by atoms with Gasteiger partial charge in [0, 0.05) is 30.9 Å². The van der Waals surface area contributed by atoms with Crippen LogP contribution in [0.15, 0.2) is 39.8 Å². The van der Waals surface area contributed by atoms with Crippen LogP contribution in [0, 0.1) is 11.8 Å². The molecule has 0 bridgehead atoms. The van der Waals surface area contributed by atoms with Gasteiger partial charge in [0.25, 0.3) is 0 Å². The van der Waals surface area contributed by atoms with Crippen LogP contribution in [-0.4, -0.2) is 51.4 Å². The van der Waals surface area contributed by atoms with Crippen molar-refractivity contribution in [1.82, 2.24) is 4.98 Å². The van der Waals surface area contributed by atoms with Gasteiger partial charge in [-0.25, -0.2) is 4.79 Å². The molecule has 32 heavy (non-hydrogen) atoms. The van der Waals surface area contributed by atoms with Crippen LogP contribution in [0.5, 0.6) is 5.75 Å². The zero-order valence-electron chi connectivity index (χ0n) is 17.8. The van der Waals surface area contributed by atoms with Crippen molar-refractivity contribution >= 4 is 11.8 Å². The summed E-state index contributed by atoms with van der Waals surface area (Å²) in [5.74, 6) is -1.64. The molecule has 9 nitrogen and oxygen atoms in total. The molecule has 170 valence electrons. The topological polar surface area (TPSA) is 136 Å². The number of aliphatic hydroxyl groups excluding tert-OH is 2. The lowest BCUT2D eigenvalue weighted by atomic mass is 9.65. The van der Waals surface area contributed by atoms with Crippen molar-refractivity contribution in [2.75, 3.05) is 6.61 Å². The number of carbonyl (C=O) groups is 2. The van der Waals surface area contributed by atoms with E-state index in [9.17, 15) is 24.6 Å². The van der Waals surface area contributed by atoms with Gasteiger partial charge in [0.05, 0.1) is 18.1 Å². The van der Waals surface area contributed by atoms with E-state index in [2.05, 4.69) is 4.98 Å². The lowest BCUT2D eigenvalue weighted by Crippen LogP contribution is -2.60. The van der Waals surface area contributed by atoms with E-state index in [1.165, 1.54) is 19.2 Å². The van der Waals surface area contributed by atoms with Gasteiger partial charge < -0.3 is 24.1 Å². The van der Waals surface area contributed by atoms with Crippen molar-refractivity contribution in [3.63, 3.8) is 0 Å². The van der Waals surface area contributed by atoms with Crippen molar-refractivity contribution in [3.8, 4) is 17.1 Å². The molecule has 1 fully saturated rings. The Morgan fingerprint density at radius 2 is 2.16 bits per heavy atom. The number of aromatic nitrogens is 1. The smallest absolute Gasteiger partial charge is 0.351 e. The highest BCUT2D eigenvalue weighted by Gasteiger charge is 2.56. The third-order valence-corrected chi connectivity index (χ3v) is 6.32. The van der Waals surface area contributed by atoms with Crippen molar-refractivity contribution in [1.29, 1.82) is 0 Å². The van der Waals surface area contributed by atoms with Crippen LogP contribution >= 0.6 is 0 Å². The van der Waals surface area contributed by atoms with Crippen LogP contribution in [0.1, 0.15) is 43.5 Å². The summed E-state index contributed by atoms with van der Waals surface area (Å²) in [5.41, 5.74) is -1.64. The minimum absolute atomic E-state index is 0.0799. The summed E-state index contributed by atoms with van der Waals surface area (Å²) >= 11 is 0. The Bertz CT molecular complexity index is 1080. The summed E-state index contributed by atoms with van der Waals surface area (Å²) < 4.78 is 16.3. The number of hydrogen-bond acceptors (Lipinski definition) is 9. The monoisotopic (exact) mass is 443 g/mol. The summed E-state index contributed by atoms with van der Waals surface area (Å²) in [6, 6.07) is 4.89. The van der Waals surface area contributed by atoms with E-state index in [1.807, 2.05) is 0 Å². The van der Waals surface area contributed by atoms with Gasteiger partial charge in [-0.15, -0.1) is 0 Å². The number of ketones is 1. The average molecular weight is 443 g/mol. The second-order valence-corrected chi connectivity index (χ2v) is 8.63. The number of hydrogen-bond donors (Lipinski definition) is 2. The largest absolute Gasteiger partial charge is 0.483 e. The average Bonchev–Trinajstić information content (AvgIpc) is 2.74. The molecular weight excluding hydrogens is 418 g/mol. The molecule has 0 spiro atoms. The highest BCUT2D eigenvalue weighted by molar-refractivity contribution is 6.02. The highest BCUT2D eigenvalue weighted by Crippen LogP contribution is 2.47. The van der Waals surface area contributed by atoms with Crippen molar-refractivity contribution < 1.29 is 33.7 Å². The van der Waals surface area contributed by atoms with E-state index in [1.54, 1.807) is 25.3 Å². The van der Waals surface area contributed by atoms with Gasteiger partial charge >= 0.3 is 11.6 Å². The summed E-state index contributed by atoms with van der Waals surface area (Å²) in [6.07, 6.45) is 2.05. The first-order valence-corrected chi connectivity index (χ1v) is 10.5. The van der Waals surface area contributed by atoms with Crippen molar-refractivity contribution in [2.45, 2.75) is 50.9 Å². The molecule has 1 aliphatic heterocycles. The van der Waals surface area contributed by atoms with Crippen molar-refractivity contribution in [2.24, 2.45) is 11.8 Å². The molecule has 0 radical (unpaired) electrons. The first kappa shape index (κ1) is 22.2. The molecule has 0 amide bonds. The molecule has 2 N–H and O–H groups in total. The normalized spacial score (nSPS) is 27.6. The molecule has 2 aliphatic rings. The standard InChI is InChI=1S/C23H25NO8/c1-12(25)30-11-15(26)6-13-7-16-21(28)20-18(32-23(16,2)19(27)8-13)9-17(31-22(20)29)14-4-3-5-24-10-14/h3-5,9-10,13,15-16,19,26-27H,6-8,11H2,1-2H3/t13?,15-,16-,19-,23-/m1/s1. The van der Waals surface area contributed by atoms with Crippen molar-refractivity contribution in [3.05, 3.63) is 46.6 Å². The number of rotatable bonds is 5. The van der Waals surface area contributed by atoms with E-state index >= 15 is 0 Å². The molecule has 5 atom stereocenters. The first-order chi connectivity index (χ1) is 15.2. The summed E-state index contributed by atoms with van der Waals surface area (Å²) in [7, 11) is 0. The Kier molecular flexibility index (Phi) is 5.87. The van der Waals surface area contributed by atoms with Crippen LogP contribution in [0.3, 0.4) is 0 Å². The van der Waals surface area contributed by atoms with E-state index in [4.69, 9.17) is 13.9 Å². The lowest BCUT2D eigenvalue weighted by molar-refractivity contribution is -0.145. The Morgan fingerprint density at radius 1 is 1.38 bits per heavy atom. The molecule has 4 rings (SSSR count). The quantitative estimate of drug-likeness (QED) is 0.662. The molecule has 1 aliphatic carbocycles. The Labute approximate surface area is 184 Å². The fraction of sp³-hybridized carbons (Fsp3) is 0.478. The zero-order valence-corrected chi connectivity index (χ0v) is 17.8. The van der Waals surface area contributed by atoms with E-state index < -0.39 is 41.1 Å². The van der Waals surface area contributed by atoms with Gasteiger partial charge in [0.2, 0.25) is 0 Å². The van der Waals surface area contributed by atoms with Crippen LogP contribution in [-0.2, 0) is 9.53 Å². The summed E-state index contributed by atoms with van der Waals surface area (Å²) in [4.78, 5) is 41.0. The number of Topliss-reactive ketones (excluding diaryl/α,β-unsaturated/α-hetero) is 1. The highest BCUT2D eigenvalue weighted by atomic mass is 16.5. The summed E-state index contributed by atoms with van der Waals surface area (Å²) in [6.45, 7) is 2.76. The Hall–Kier alpha value is -3.04. The van der Waals surface area contributed by atoms with E-state index in [0.717, 1.165) is 0 Å². The van der Waals surface area contributed by atoms with Crippen LogP contribution in [0.2, 0.25) is 0 Å². The second kappa shape index (κ2) is 8.48. The van der Waals surface area contributed by atoms with Gasteiger partial charge in [0.15, 0.2) is 5.78 Å². The molecular formula is C23H25NO8. The molecule has 0 saturated heterocycles. The molecule has 0 aromatic carbocycles. The maximum Gasteiger partial charge on any atom is 0.351 e. The summed E-state index contributed by atoms with van der Waals surface area (Å²) in [5, 5.41) is 21.1. The van der Waals surface area contributed by atoms with Gasteiger partial charge in [-0.1, -0.05) is 0 Å². The number of nitrogens with zero attached hydrogens (tertiary/aromatic N) is 1. The van der Waals surface area contributed by atoms with E-state index in [-0.39, 0.29) is 36.0 Å². The number of fused-ring (bicyclic) bond motifs is 2. The van der Waals surface area contributed by atoms with Crippen LogP contribution in [0.4, 0.5) is 0 Å². The molecule has 3 heterocycles. The molecule has 2 aromatic rings. The number of carbonyl (C=O) groups excluding carboxylic acids is 2. The predicted octanol–water partition coefficient (Wildman–Crippen LogP) is 1.74. The van der Waals surface area contributed by atoms with Gasteiger partial charge in [-0.3, -0.25) is 14.6 Å². The number of ether oxygens (including phenoxy) is 2. The van der Waals surface area contributed by atoms with Crippen LogP contribution < -0.4 is 10.4 Å². The Morgan fingerprint density at radius 3 is 2.84 bits per heavy atom. The van der Waals surface area contributed by atoms with Gasteiger partial charge in [-0.2, -0.15) is 0 Å². The predicted molar refractivity (Wildman–Crippen MR) is 111 cm³/mol. The number of esters is 1. The maximum absolute atomic E-state index is 13.3. The number of pyridine rings is 1. The van der Waals surface area contributed by atoms with Gasteiger partial charge in [-0.05, 0) is 44.2 Å². The first-order valence-electron chi connectivity index (χ1n) is 10.5. The molecule has 1 unspecified atom stereocenters. The second-order valence-electron chi connectivity index (χ2n) is 8.63. The minimum atomic E-state index is -1.22. The molecule has 2 aromatic heterocycles. The maximum atomic E-state index is 13.3.